The summed E-state index contributed by atoms with van der Waals surface area (Å²) in [5.74, 6) is -1.31. The summed E-state index contributed by atoms with van der Waals surface area (Å²) >= 11 is 0. The SMILES string of the molecule is CC(CC(F)(F)F)Nc1nc(C(=O)O)co1. The van der Waals surface area contributed by atoms with Crippen LogP contribution in [0.25, 0.3) is 0 Å². The van der Waals surface area contributed by atoms with Crippen LogP contribution in [0.4, 0.5) is 19.2 Å². The molecule has 1 rings (SSSR count). The summed E-state index contributed by atoms with van der Waals surface area (Å²) in [5.41, 5.74) is -0.360. The van der Waals surface area contributed by atoms with Gasteiger partial charge in [0.2, 0.25) is 0 Å². The predicted molar refractivity (Wildman–Crippen MR) is 47.2 cm³/mol. The van der Waals surface area contributed by atoms with Crippen LogP contribution in [-0.4, -0.2) is 28.3 Å². The molecule has 0 aliphatic heterocycles. The van der Waals surface area contributed by atoms with Gasteiger partial charge in [-0.3, -0.25) is 0 Å². The number of halogens is 3. The van der Waals surface area contributed by atoms with Gasteiger partial charge in [0.25, 0.3) is 6.01 Å². The van der Waals surface area contributed by atoms with Crippen LogP contribution < -0.4 is 5.32 Å². The number of alkyl halides is 3. The predicted octanol–water partition coefficient (Wildman–Crippen LogP) is 2.13. The Morgan fingerprint density at radius 2 is 2.31 bits per heavy atom. The zero-order valence-corrected chi connectivity index (χ0v) is 8.21. The molecule has 1 atom stereocenters. The normalized spacial score (nSPS) is 13.5. The van der Waals surface area contributed by atoms with Crippen molar-refractivity contribution in [3.8, 4) is 0 Å². The van der Waals surface area contributed by atoms with Gasteiger partial charge >= 0.3 is 12.1 Å². The Hall–Kier alpha value is -1.73. The number of nitrogens with zero attached hydrogens (tertiary/aromatic N) is 1. The Balaban J connectivity index is 2.56. The van der Waals surface area contributed by atoms with Gasteiger partial charge in [0, 0.05) is 6.04 Å². The number of oxazole rings is 1. The summed E-state index contributed by atoms with van der Waals surface area (Å²) in [6.07, 6.45) is -4.50. The number of nitrogens with one attached hydrogen (secondary N) is 1. The Kier molecular flexibility index (Phi) is 3.41. The lowest BCUT2D eigenvalue weighted by Gasteiger charge is -2.13. The molecule has 1 heterocycles. The van der Waals surface area contributed by atoms with Crippen LogP contribution in [0, 0.1) is 0 Å². The molecular weight excluding hydrogens is 229 g/mol. The second-order valence-electron chi connectivity index (χ2n) is 3.21. The van der Waals surface area contributed by atoms with Crippen LogP contribution in [0.15, 0.2) is 10.7 Å². The van der Waals surface area contributed by atoms with E-state index in [9.17, 15) is 18.0 Å². The second-order valence-corrected chi connectivity index (χ2v) is 3.21. The monoisotopic (exact) mass is 238 g/mol. The number of aromatic carboxylic acids is 1. The third-order valence-electron chi connectivity index (χ3n) is 1.63. The fourth-order valence-electron chi connectivity index (χ4n) is 1.05. The molecule has 1 aromatic heterocycles. The molecule has 0 aromatic carbocycles. The molecule has 2 N–H and O–H groups in total. The number of hydrogen-bond acceptors (Lipinski definition) is 4. The minimum absolute atomic E-state index is 0.242. The van der Waals surface area contributed by atoms with Gasteiger partial charge in [-0.25, -0.2) is 4.79 Å². The molecule has 0 saturated carbocycles. The quantitative estimate of drug-likeness (QED) is 0.840. The number of aromatic nitrogens is 1. The number of hydrogen-bond donors (Lipinski definition) is 2. The molecule has 0 fully saturated rings. The molecule has 8 heteroatoms. The van der Waals surface area contributed by atoms with E-state index in [1.807, 2.05) is 0 Å². The number of carbonyl (C=O) groups is 1. The molecule has 0 amide bonds. The smallest absolute Gasteiger partial charge is 0.391 e. The zero-order chi connectivity index (χ0) is 12.3. The molecule has 0 aliphatic carbocycles. The Labute approximate surface area is 88.3 Å². The van der Waals surface area contributed by atoms with Gasteiger partial charge in [0.05, 0.1) is 6.42 Å². The average molecular weight is 238 g/mol. The number of carboxylic acids is 1. The maximum atomic E-state index is 12.0. The third-order valence-corrected chi connectivity index (χ3v) is 1.63. The van der Waals surface area contributed by atoms with Crippen molar-refractivity contribution in [1.29, 1.82) is 0 Å². The van der Waals surface area contributed by atoms with Crippen LogP contribution in [0.1, 0.15) is 23.8 Å². The lowest BCUT2D eigenvalue weighted by Crippen LogP contribution is -2.24. The molecule has 0 bridgehead atoms. The average Bonchev–Trinajstić information content (AvgIpc) is 2.48. The molecule has 0 radical (unpaired) electrons. The summed E-state index contributed by atoms with van der Waals surface area (Å²) in [7, 11) is 0. The fraction of sp³-hybridized carbons (Fsp3) is 0.500. The fourth-order valence-corrected chi connectivity index (χ4v) is 1.05. The molecule has 1 aromatic rings. The van der Waals surface area contributed by atoms with Crippen molar-refractivity contribution in [3.63, 3.8) is 0 Å². The van der Waals surface area contributed by atoms with Crippen molar-refractivity contribution < 1.29 is 27.5 Å². The van der Waals surface area contributed by atoms with Crippen LogP contribution in [0.2, 0.25) is 0 Å². The van der Waals surface area contributed by atoms with Crippen LogP contribution >= 0.6 is 0 Å². The molecule has 16 heavy (non-hydrogen) atoms. The van der Waals surface area contributed by atoms with Crippen molar-refractivity contribution >= 4 is 12.0 Å². The van der Waals surface area contributed by atoms with Gasteiger partial charge in [-0.15, -0.1) is 0 Å². The van der Waals surface area contributed by atoms with E-state index < -0.39 is 24.6 Å². The van der Waals surface area contributed by atoms with E-state index in [2.05, 4.69) is 14.7 Å². The molecule has 5 nitrogen and oxygen atoms in total. The minimum atomic E-state index is -4.30. The van der Waals surface area contributed by atoms with E-state index in [1.165, 1.54) is 6.92 Å². The topological polar surface area (TPSA) is 75.4 Å². The van der Waals surface area contributed by atoms with Crippen molar-refractivity contribution in [3.05, 3.63) is 12.0 Å². The molecule has 90 valence electrons. The van der Waals surface area contributed by atoms with Crippen molar-refractivity contribution in [1.82, 2.24) is 4.98 Å². The number of anilines is 1. The second kappa shape index (κ2) is 4.42. The Morgan fingerprint density at radius 3 is 2.75 bits per heavy atom. The largest absolute Gasteiger partial charge is 0.476 e. The van der Waals surface area contributed by atoms with Crippen molar-refractivity contribution in [2.75, 3.05) is 5.32 Å². The number of rotatable bonds is 4. The van der Waals surface area contributed by atoms with E-state index in [0.29, 0.717) is 0 Å². The van der Waals surface area contributed by atoms with E-state index >= 15 is 0 Å². The van der Waals surface area contributed by atoms with E-state index in [0.717, 1.165) is 6.26 Å². The van der Waals surface area contributed by atoms with Crippen LogP contribution in [0.5, 0.6) is 0 Å². The van der Waals surface area contributed by atoms with E-state index in [1.54, 1.807) is 0 Å². The molecular formula is C8H9F3N2O3. The van der Waals surface area contributed by atoms with Gasteiger partial charge in [-0.2, -0.15) is 18.2 Å². The summed E-state index contributed by atoms with van der Waals surface area (Å²) in [6.45, 7) is 1.29. The lowest BCUT2D eigenvalue weighted by atomic mass is 10.2. The van der Waals surface area contributed by atoms with E-state index in [4.69, 9.17) is 5.11 Å². The highest BCUT2D eigenvalue weighted by molar-refractivity contribution is 5.85. The first-order chi connectivity index (χ1) is 7.28. The first-order valence-electron chi connectivity index (χ1n) is 4.30. The lowest BCUT2D eigenvalue weighted by molar-refractivity contribution is -0.136. The third kappa shape index (κ3) is 3.79. The molecule has 1 unspecified atom stereocenters. The maximum absolute atomic E-state index is 12.0. The zero-order valence-electron chi connectivity index (χ0n) is 8.21. The first-order valence-corrected chi connectivity index (χ1v) is 4.30. The van der Waals surface area contributed by atoms with Crippen molar-refractivity contribution in [2.45, 2.75) is 25.6 Å². The standard InChI is InChI=1S/C8H9F3N2O3/c1-4(2-8(9,10)11)12-7-13-5(3-16-7)6(14)15/h3-4H,2H2,1H3,(H,12,13)(H,14,15). The highest BCUT2D eigenvalue weighted by Gasteiger charge is 2.30. The van der Waals surface area contributed by atoms with Gasteiger partial charge in [0.15, 0.2) is 5.69 Å². The summed E-state index contributed by atoms with van der Waals surface area (Å²) in [5, 5.41) is 10.8. The van der Waals surface area contributed by atoms with Gasteiger partial charge in [-0.1, -0.05) is 0 Å². The molecule has 0 aliphatic rings. The van der Waals surface area contributed by atoms with E-state index in [-0.39, 0.29) is 11.7 Å². The van der Waals surface area contributed by atoms with Gasteiger partial charge in [0.1, 0.15) is 6.26 Å². The Morgan fingerprint density at radius 1 is 1.69 bits per heavy atom. The first kappa shape index (κ1) is 12.3. The Bertz CT molecular complexity index is 375. The van der Waals surface area contributed by atoms with Crippen molar-refractivity contribution in [2.24, 2.45) is 0 Å². The maximum Gasteiger partial charge on any atom is 0.391 e. The molecule has 0 spiro atoms. The van der Waals surface area contributed by atoms with Gasteiger partial charge in [-0.05, 0) is 6.92 Å². The summed E-state index contributed by atoms with van der Waals surface area (Å²) in [4.78, 5) is 13.8. The van der Waals surface area contributed by atoms with Crippen LogP contribution in [0.3, 0.4) is 0 Å². The van der Waals surface area contributed by atoms with Gasteiger partial charge < -0.3 is 14.8 Å². The highest BCUT2D eigenvalue weighted by atomic mass is 19.4. The highest BCUT2D eigenvalue weighted by Crippen LogP contribution is 2.23. The molecule has 0 saturated heterocycles. The van der Waals surface area contributed by atoms with Crippen LogP contribution in [-0.2, 0) is 0 Å². The minimum Gasteiger partial charge on any atom is -0.476 e. The summed E-state index contributed by atoms with van der Waals surface area (Å²) < 4.78 is 40.5. The number of carboxylic acid groups (broad SMARTS) is 1. The summed E-state index contributed by atoms with van der Waals surface area (Å²) in [6, 6.07) is -1.19.